The van der Waals surface area contributed by atoms with E-state index in [0.717, 1.165) is 21.3 Å². The van der Waals surface area contributed by atoms with Crippen molar-refractivity contribution in [1.82, 2.24) is 5.32 Å². The first kappa shape index (κ1) is 16.5. The fraction of sp³-hybridized carbons (Fsp3) is 0.250. The van der Waals surface area contributed by atoms with E-state index in [1.165, 1.54) is 0 Å². The molecule has 112 valence electrons. The van der Waals surface area contributed by atoms with E-state index in [1.807, 2.05) is 25.1 Å². The third-order valence-electron chi connectivity index (χ3n) is 3.40. The van der Waals surface area contributed by atoms with E-state index in [1.54, 1.807) is 26.3 Å². The lowest BCUT2D eigenvalue weighted by atomic mass is 9.96. The number of methoxy groups -OCH3 is 1. The molecule has 0 aromatic heterocycles. The highest BCUT2D eigenvalue weighted by molar-refractivity contribution is 9.10. The number of ether oxygens (including phenoxy) is 1. The van der Waals surface area contributed by atoms with E-state index in [0.29, 0.717) is 10.0 Å². The first-order valence-electron chi connectivity index (χ1n) is 6.44. The summed E-state index contributed by atoms with van der Waals surface area (Å²) in [6.07, 6.45) is 0. The van der Waals surface area contributed by atoms with Gasteiger partial charge < -0.3 is 10.1 Å². The zero-order valence-electron chi connectivity index (χ0n) is 12.0. The lowest BCUT2D eigenvalue weighted by Crippen LogP contribution is -2.20. The van der Waals surface area contributed by atoms with Crippen molar-refractivity contribution < 1.29 is 9.13 Å². The molecule has 1 unspecified atom stereocenters. The van der Waals surface area contributed by atoms with Gasteiger partial charge >= 0.3 is 0 Å². The van der Waals surface area contributed by atoms with Crippen molar-refractivity contribution in [2.45, 2.75) is 13.0 Å². The van der Waals surface area contributed by atoms with Crippen LogP contribution in [0.5, 0.6) is 5.75 Å². The van der Waals surface area contributed by atoms with Crippen molar-refractivity contribution in [2.75, 3.05) is 14.2 Å². The van der Waals surface area contributed by atoms with E-state index in [2.05, 4.69) is 37.2 Å². The number of benzene rings is 2. The average molecular weight is 417 g/mol. The number of hydrogen-bond donors (Lipinski definition) is 1. The number of aryl methyl sites for hydroxylation is 1. The Kier molecular flexibility index (Phi) is 5.41. The molecular formula is C16H16Br2FNO. The molecule has 0 bridgehead atoms. The quantitative estimate of drug-likeness (QED) is 0.759. The molecule has 0 heterocycles. The van der Waals surface area contributed by atoms with E-state index in [9.17, 15) is 4.39 Å². The van der Waals surface area contributed by atoms with Crippen molar-refractivity contribution >= 4 is 31.9 Å². The molecule has 0 saturated carbocycles. The van der Waals surface area contributed by atoms with Crippen LogP contribution in [0.3, 0.4) is 0 Å². The van der Waals surface area contributed by atoms with E-state index in [-0.39, 0.29) is 11.9 Å². The van der Waals surface area contributed by atoms with Gasteiger partial charge in [-0.05, 0) is 53.7 Å². The third-order valence-corrected chi connectivity index (χ3v) is 4.87. The van der Waals surface area contributed by atoms with Crippen LogP contribution in [0.25, 0.3) is 0 Å². The average Bonchev–Trinajstić information content (AvgIpc) is 2.47. The van der Waals surface area contributed by atoms with Gasteiger partial charge in [0.05, 0.1) is 17.6 Å². The summed E-state index contributed by atoms with van der Waals surface area (Å²) in [6.45, 7) is 1.99. The summed E-state index contributed by atoms with van der Waals surface area (Å²) >= 11 is 6.76. The van der Waals surface area contributed by atoms with Gasteiger partial charge in [0.2, 0.25) is 0 Å². The Labute approximate surface area is 141 Å². The SMILES string of the molecule is CNC(c1cc(Br)c(C)cc1OC)c1cccc(Br)c1F. The van der Waals surface area contributed by atoms with Gasteiger partial charge in [-0.15, -0.1) is 0 Å². The number of halogens is 3. The smallest absolute Gasteiger partial charge is 0.142 e. The van der Waals surface area contributed by atoms with Gasteiger partial charge in [0.25, 0.3) is 0 Å². The molecule has 0 aliphatic heterocycles. The van der Waals surface area contributed by atoms with Gasteiger partial charge in [0.15, 0.2) is 0 Å². The zero-order valence-corrected chi connectivity index (χ0v) is 15.2. The Balaban J connectivity index is 2.61. The third kappa shape index (κ3) is 3.30. The molecule has 0 radical (unpaired) electrons. The van der Waals surface area contributed by atoms with Gasteiger partial charge in [-0.1, -0.05) is 28.1 Å². The van der Waals surface area contributed by atoms with E-state index >= 15 is 0 Å². The van der Waals surface area contributed by atoms with Crippen LogP contribution in [-0.4, -0.2) is 14.2 Å². The van der Waals surface area contributed by atoms with Crippen LogP contribution in [0.4, 0.5) is 4.39 Å². The van der Waals surface area contributed by atoms with Crippen molar-refractivity contribution in [3.8, 4) is 5.75 Å². The standard InChI is InChI=1S/C16H16Br2FNO/c1-9-7-14(21-3)11(8-13(9)18)16(20-2)10-5-4-6-12(17)15(10)19/h4-8,16,20H,1-3H3. The summed E-state index contributed by atoms with van der Waals surface area (Å²) in [6, 6.07) is 8.90. The Morgan fingerprint density at radius 1 is 1.14 bits per heavy atom. The molecule has 0 aliphatic carbocycles. The molecule has 0 spiro atoms. The minimum Gasteiger partial charge on any atom is -0.496 e. The second-order valence-corrected chi connectivity index (χ2v) is 6.42. The van der Waals surface area contributed by atoms with Gasteiger partial charge in [0, 0.05) is 15.6 Å². The summed E-state index contributed by atoms with van der Waals surface area (Å²) in [5.74, 6) is 0.463. The van der Waals surface area contributed by atoms with Crippen LogP contribution in [0.1, 0.15) is 22.7 Å². The van der Waals surface area contributed by atoms with Gasteiger partial charge in [-0.2, -0.15) is 0 Å². The summed E-state index contributed by atoms with van der Waals surface area (Å²) in [4.78, 5) is 0. The minimum atomic E-state index is -0.297. The highest BCUT2D eigenvalue weighted by Crippen LogP contribution is 2.36. The zero-order chi connectivity index (χ0) is 15.6. The molecule has 0 aliphatic rings. The first-order valence-corrected chi connectivity index (χ1v) is 8.03. The molecule has 5 heteroatoms. The summed E-state index contributed by atoms with van der Waals surface area (Å²) in [5, 5.41) is 3.16. The molecule has 1 N–H and O–H groups in total. The summed E-state index contributed by atoms with van der Waals surface area (Å²) < 4.78 is 21.3. The van der Waals surface area contributed by atoms with Gasteiger partial charge in [0.1, 0.15) is 11.6 Å². The Hall–Kier alpha value is -0.910. The second kappa shape index (κ2) is 6.90. The normalized spacial score (nSPS) is 12.3. The van der Waals surface area contributed by atoms with Crippen molar-refractivity contribution in [3.63, 3.8) is 0 Å². The Morgan fingerprint density at radius 3 is 2.48 bits per heavy atom. The minimum absolute atomic E-state index is 0.268. The fourth-order valence-corrected chi connectivity index (χ4v) is 3.04. The predicted octanol–water partition coefficient (Wildman–Crippen LogP) is 4.98. The van der Waals surface area contributed by atoms with Gasteiger partial charge in [-0.25, -0.2) is 4.39 Å². The maximum atomic E-state index is 14.4. The maximum absolute atomic E-state index is 14.4. The molecule has 0 amide bonds. The number of hydrogen-bond acceptors (Lipinski definition) is 2. The molecule has 2 nitrogen and oxygen atoms in total. The van der Waals surface area contributed by atoms with Crippen LogP contribution in [0.15, 0.2) is 39.3 Å². The number of nitrogens with one attached hydrogen (secondary N) is 1. The van der Waals surface area contributed by atoms with Crippen LogP contribution in [0.2, 0.25) is 0 Å². The molecule has 2 rings (SSSR count). The highest BCUT2D eigenvalue weighted by atomic mass is 79.9. The number of rotatable bonds is 4. The van der Waals surface area contributed by atoms with Crippen LogP contribution < -0.4 is 10.1 Å². The first-order chi connectivity index (χ1) is 9.99. The van der Waals surface area contributed by atoms with E-state index < -0.39 is 0 Å². The molecule has 1 atom stereocenters. The molecule has 0 fully saturated rings. The topological polar surface area (TPSA) is 21.3 Å². The largest absolute Gasteiger partial charge is 0.496 e. The highest BCUT2D eigenvalue weighted by Gasteiger charge is 2.22. The Morgan fingerprint density at radius 2 is 1.86 bits per heavy atom. The monoisotopic (exact) mass is 415 g/mol. The Bertz CT molecular complexity index is 661. The molecule has 2 aromatic carbocycles. The molecule has 0 saturated heterocycles. The molecule has 21 heavy (non-hydrogen) atoms. The maximum Gasteiger partial charge on any atom is 0.142 e. The lowest BCUT2D eigenvalue weighted by Gasteiger charge is -2.22. The van der Waals surface area contributed by atoms with Crippen molar-refractivity contribution in [2.24, 2.45) is 0 Å². The molecule has 2 aromatic rings. The van der Waals surface area contributed by atoms with E-state index in [4.69, 9.17) is 4.74 Å². The molecular weight excluding hydrogens is 401 g/mol. The lowest BCUT2D eigenvalue weighted by molar-refractivity contribution is 0.404. The predicted molar refractivity (Wildman–Crippen MR) is 90.4 cm³/mol. The van der Waals surface area contributed by atoms with Crippen LogP contribution in [-0.2, 0) is 0 Å². The van der Waals surface area contributed by atoms with Gasteiger partial charge in [-0.3, -0.25) is 0 Å². The van der Waals surface area contributed by atoms with Crippen molar-refractivity contribution in [1.29, 1.82) is 0 Å². The summed E-state index contributed by atoms with van der Waals surface area (Å²) in [7, 11) is 3.42. The van der Waals surface area contributed by atoms with Crippen LogP contribution in [0, 0.1) is 12.7 Å². The second-order valence-electron chi connectivity index (χ2n) is 4.71. The van der Waals surface area contributed by atoms with Crippen molar-refractivity contribution in [3.05, 3.63) is 61.8 Å². The summed E-state index contributed by atoms with van der Waals surface area (Å²) in [5.41, 5.74) is 2.52. The van der Waals surface area contributed by atoms with Crippen LogP contribution >= 0.6 is 31.9 Å². The fourth-order valence-electron chi connectivity index (χ4n) is 2.29.